The monoisotopic (exact) mass is 305 g/mol. The number of carbonyl (C=O) groups is 1. The Morgan fingerprint density at radius 1 is 1.33 bits per heavy atom. The van der Waals surface area contributed by atoms with Crippen molar-refractivity contribution in [3.8, 4) is 0 Å². The van der Waals surface area contributed by atoms with Gasteiger partial charge in [-0.15, -0.1) is 5.10 Å². The molecule has 1 aromatic heterocycles. The number of tetrazole rings is 1. The Morgan fingerprint density at radius 3 is 2.67 bits per heavy atom. The van der Waals surface area contributed by atoms with Crippen molar-refractivity contribution >= 4 is 17.7 Å². The van der Waals surface area contributed by atoms with E-state index in [0.29, 0.717) is 11.7 Å². The molecule has 0 bridgehead atoms. The SMILES string of the molecule is CC(Sc1nnnn1C)C(=O)NCC(C)c1ccccc1. The summed E-state index contributed by atoms with van der Waals surface area (Å²) in [7, 11) is 1.75. The molecule has 0 radical (unpaired) electrons. The number of benzene rings is 1. The van der Waals surface area contributed by atoms with Crippen molar-refractivity contribution in [2.75, 3.05) is 6.54 Å². The van der Waals surface area contributed by atoms with Crippen LogP contribution < -0.4 is 5.32 Å². The molecular weight excluding hydrogens is 286 g/mol. The van der Waals surface area contributed by atoms with Crippen LogP contribution in [0, 0.1) is 0 Å². The molecule has 1 N–H and O–H groups in total. The second-order valence-electron chi connectivity index (χ2n) is 4.90. The minimum Gasteiger partial charge on any atom is -0.355 e. The van der Waals surface area contributed by atoms with Crippen molar-refractivity contribution in [3.63, 3.8) is 0 Å². The highest BCUT2D eigenvalue weighted by molar-refractivity contribution is 8.00. The molecule has 6 nitrogen and oxygen atoms in total. The molecule has 1 aromatic carbocycles. The van der Waals surface area contributed by atoms with Crippen LogP contribution in [-0.2, 0) is 11.8 Å². The molecule has 7 heteroatoms. The first-order chi connectivity index (χ1) is 10.1. The van der Waals surface area contributed by atoms with Gasteiger partial charge in [0.1, 0.15) is 0 Å². The van der Waals surface area contributed by atoms with Gasteiger partial charge in [0.25, 0.3) is 0 Å². The topological polar surface area (TPSA) is 72.7 Å². The Labute approximate surface area is 128 Å². The number of amides is 1. The molecule has 0 spiro atoms. The van der Waals surface area contributed by atoms with E-state index in [0.717, 1.165) is 0 Å². The van der Waals surface area contributed by atoms with E-state index < -0.39 is 0 Å². The first kappa shape index (κ1) is 15.5. The van der Waals surface area contributed by atoms with E-state index in [1.165, 1.54) is 17.3 Å². The van der Waals surface area contributed by atoms with Crippen molar-refractivity contribution in [1.29, 1.82) is 0 Å². The summed E-state index contributed by atoms with van der Waals surface area (Å²) in [4.78, 5) is 12.1. The lowest BCUT2D eigenvalue weighted by atomic mass is 10.0. The number of thioether (sulfide) groups is 1. The van der Waals surface area contributed by atoms with Crippen LogP contribution in [0.25, 0.3) is 0 Å². The first-order valence-electron chi connectivity index (χ1n) is 6.79. The normalized spacial score (nSPS) is 13.7. The van der Waals surface area contributed by atoms with Crippen molar-refractivity contribution in [2.24, 2.45) is 7.05 Å². The van der Waals surface area contributed by atoms with E-state index in [-0.39, 0.29) is 17.1 Å². The number of hydrogen-bond acceptors (Lipinski definition) is 5. The summed E-state index contributed by atoms with van der Waals surface area (Å²) in [6, 6.07) is 10.1. The van der Waals surface area contributed by atoms with Gasteiger partial charge in [-0.05, 0) is 28.8 Å². The van der Waals surface area contributed by atoms with Crippen LogP contribution in [0.1, 0.15) is 25.3 Å². The molecule has 0 aliphatic rings. The number of hydrogen-bond donors (Lipinski definition) is 1. The lowest BCUT2D eigenvalue weighted by Gasteiger charge is -2.15. The maximum atomic E-state index is 12.1. The molecule has 0 saturated heterocycles. The van der Waals surface area contributed by atoms with E-state index in [1.54, 1.807) is 11.7 Å². The highest BCUT2D eigenvalue weighted by Gasteiger charge is 2.18. The summed E-state index contributed by atoms with van der Waals surface area (Å²) in [5.41, 5.74) is 1.22. The van der Waals surface area contributed by atoms with Crippen LogP contribution in [0.15, 0.2) is 35.5 Å². The average molecular weight is 305 g/mol. The quantitative estimate of drug-likeness (QED) is 0.821. The van der Waals surface area contributed by atoms with E-state index >= 15 is 0 Å². The van der Waals surface area contributed by atoms with Crippen LogP contribution in [0.4, 0.5) is 0 Å². The molecule has 0 saturated carbocycles. The summed E-state index contributed by atoms with van der Waals surface area (Å²) in [6.07, 6.45) is 0. The average Bonchev–Trinajstić information content (AvgIpc) is 2.90. The van der Waals surface area contributed by atoms with Gasteiger partial charge in [-0.2, -0.15) is 0 Å². The fourth-order valence-electron chi connectivity index (χ4n) is 1.83. The van der Waals surface area contributed by atoms with Crippen molar-refractivity contribution < 1.29 is 4.79 Å². The van der Waals surface area contributed by atoms with Gasteiger partial charge in [0.2, 0.25) is 11.1 Å². The molecule has 2 atom stereocenters. The number of rotatable bonds is 6. The molecule has 0 aliphatic heterocycles. The van der Waals surface area contributed by atoms with Gasteiger partial charge in [0.15, 0.2) is 0 Å². The first-order valence-corrected chi connectivity index (χ1v) is 7.67. The van der Waals surface area contributed by atoms with Crippen molar-refractivity contribution in [2.45, 2.75) is 30.2 Å². The highest BCUT2D eigenvalue weighted by atomic mass is 32.2. The smallest absolute Gasteiger partial charge is 0.233 e. The highest BCUT2D eigenvalue weighted by Crippen LogP contribution is 2.19. The molecule has 21 heavy (non-hydrogen) atoms. The number of aryl methyl sites for hydroxylation is 1. The molecule has 1 heterocycles. The van der Waals surface area contributed by atoms with Crippen LogP contribution in [0.3, 0.4) is 0 Å². The molecule has 0 fully saturated rings. The Balaban J connectivity index is 1.83. The van der Waals surface area contributed by atoms with Gasteiger partial charge >= 0.3 is 0 Å². The van der Waals surface area contributed by atoms with Crippen LogP contribution >= 0.6 is 11.8 Å². The van der Waals surface area contributed by atoms with Gasteiger partial charge in [0, 0.05) is 13.6 Å². The van der Waals surface area contributed by atoms with Gasteiger partial charge in [-0.1, -0.05) is 49.0 Å². The maximum absolute atomic E-state index is 12.1. The predicted molar refractivity (Wildman–Crippen MR) is 82.0 cm³/mol. The third-order valence-corrected chi connectivity index (χ3v) is 4.31. The third kappa shape index (κ3) is 4.29. The van der Waals surface area contributed by atoms with E-state index in [2.05, 4.69) is 39.9 Å². The lowest BCUT2D eigenvalue weighted by molar-refractivity contribution is -0.120. The van der Waals surface area contributed by atoms with Gasteiger partial charge in [-0.3, -0.25) is 4.79 Å². The number of carbonyl (C=O) groups excluding carboxylic acids is 1. The van der Waals surface area contributed by atoms with E-state index in [4.69, 9.17) is 0 Å². The predicted octanol–water partition coefficient (Wildman–Crippen LogP) is 1.61. The fraction of sp³-hybridized carbons (Fsp3) is 0.429. The van der Waals surface area contributed by atoms with E-state index in [9.17, 15) is 4.79 Å². The molecule has 2 aromatic rings. The molecule has 2 rings (SSSR count). The van der Waals surface area contributed by atoms with Crippen molar-refractivity contribution in [1.82, 2.24) is 25.5 Å². The van der Waals surface area contributed by atoms with Crippen LogP contribution in [-0.4, -0.2) is 37.9 Å². The van der Waals surface area contributed by atoms with Crippen LogP contribution in [0.5, 0.6) is 0 Å². The summed E-state index contributed by atoms with van der Waals surface area (Å²) >= 11 is 1.35. The summed E-state index contributed by atoms with van der Waals surface area (Å²) in [6.45, 7) is 4.56. The zero-order chi connectivity index (χ0) is 15.2. The van der Waals surface area contributed by atoms with Crippen molar-refractivity contribution in [3.05, 3.63) is 35.9 Å². The lowest BCUT2D eigenvalue weighted by Crippen LogP contribution is -2.33. The Kier molecular flexibility index (Phi) is 5.32. The fourth-order valence-corrected chi connectivity index (χ4v) is 2.61. The number of nitrogens with zero attached hydrogens (tertiary/aromatic N) is 4. The van der Waals surface area contributed by atoms with Crippen LogP contribution in [0.2, 0.25) is 0 Å². The third-order valence-electron chi connectivity index (χ3n) is 3.18. The minimum absolute atomic E-state index is 0.00854. The zero-order valence-corrected chi connectivity index (χ0v) is 13.2. The Hall–Kier alpha value is -1.89. The van der Waals surface area contributed by atoms with Gasteiger partial charge < -0.3 is 5.32 Å². The number of aromatic nitrogens is 4. The zero-order valence-electron chi connectivity index (χ0n) is 12.4. The number of nitrogens with one attached hydrogen (secondary N) is 1. The summed E-state index contributed by atoms with van der Waals surface area (Å²) in [5.74, 6) is 0.273. The Bertz CT molecular complexity index is 586. The second kappa shape index (κ2) is 7.21. The van der Waals surface area contributed by atoms with Gasteiger partial charge in [-0.25, -0.2) is 4.68 Å². The molecule has 0 aliphatic carbocycles. The van der Waals surface area contributed by atoms with Gasteiger partial charge in [0.05, 0.1) is 5.25 Å². The molecule has 112 valence electrons. The second-order valence-corrected chi connectivity index (χ2v) is 6.21. The molecule has 2 unspecified atom stereocenters. The standard InChI is InChI=1S/C14H19N5OS/c1-10(12-7-5-4-6-8-12)9-15-13(20)11(2)21-14-16-17-18-19(14)3/h4-8,10-11H,9H2,1-3H3,(H,15,20). The Morgan fingerprint density at radius 2 is 2.05 bits per heavy atom. The summed E-state index contributed by atoms with van der Waals surface area (Å²) in [5, 5.41) is 14.5. The van der Waals surface area contributed by atoms with E-state index in [1.807, 2.05) is 25.1 Å². The largest absolute Gasteiger partial charge is 0.355 e. The molecular formula is C14H19N5OS. The summed E-state index contributed by atoms with van der Waals surface area (Å²) < 4.78 is 1.56. The maximum Gasteiger partial charge on any atom is 0.233 e. The molecule has 1 amide bonds. The minimum atomic E-state index is -0.238.